The van der Waals surface area contributed by atoms with Crippen LogP contribution in [0.1, 0.15) is 25.0 Å². The molecule has 1 aromatic carbocycles. The topological polar surface area (TPSA) is 73.1 Å². The first-order valence-electron chi connectivity index (χ1n) is 10.2. The highest BCUT2D eigenvalue weighted by Crippen LogP contribution is 2.32. The van der Waals surface area contributed by atoms with Gasteiger partial charge in [0.05, 0.1) is 12.2 Å². The van der Waals surface area contributed by atoms with Gasteiger partial charge in [-0.3, -0.25) is 9.55 Å². The van der Waals surface area contributed by atoms with E-state index in [1.165, 1.54) is 11.1 Å². The molecule has 2 aromatic heterocycles. The van der Waals surface area contributed by atoms with E-state index in [1.54, 1.807) is 22.9 Å². The second-order valence-electron chi connectivity index (χ2n) is 6.97. The molecule has 1 aliphatic rings. The van der Waals surface area contributed by atoms with E-state index in [1.807, 2.05) is 18.3 Å². The van der Waals surface area contributed by atoms with Crippen molar-refractivity contribution in [3.05, 3.63) is 53.9 Å². The lowest BCUT2D eigenvalue weighted by Crippen LogP contribution is -2.26. The molecule has 4 rings (SSSR count). The first-order valence-corrected chi connectivity index (χ1v) is 11.2. The fraction of sp³-hybridized carbons (Fsp3) is 0.364. The van der Waals surface area contributed by atoms with Gasteiger partial charge in [-0.2, -0.15) is 0 Å². The van der Waals surface area contributed by atoms with E-state index >= 15 is 0 Å². The summed E-state index contributed by atoms with van der Waals surface area (Å²) in [6.07, 6.45) is 5.16. The number of hydrogen-bond donors (Lipinski definition) is 0. The Hall–Kier alpha value is -2.87. The molecule has 0 aliphatic carbocycles. The number of cyclic esters (lactones) is 1. The smallest absolute Gasteiger partial charge is 0.409 e. The molecule has 7 nitrogen and oxygen atoms in total. The van der Waals surface area contributed by atoms with Crippen molar-refractivity contribution in [1.82, 2.24) is 24.6 Å². The molecule has 156 valence electrons. The Balaban J connectivity index is 1.73. The molecule has 0 spiro atoms. The number of amides is 1. The fourth-order valence-electron chi connectivity index (χ4n) is 3.63. The first-order chi connectivity index (χ1) is 14.7. The third-order valence-corrected chi connectivity index (χ3v) is 6.09. The number of nitrogens with zero attached hydrogens (tertiary/aromatic N) is 5. The number of thioether (sulfide) groups is 1. The molecule has 0 atom stereocenters. The monoisotopic (exact) mass is 423 g/mol. The zero-order valence-electron chi connectivity index (χ0n) is 17.2. The highest BCUT2D eigenvalue weighted by Gasteiger charge is 2.23. The lowest BCUT2D eigenvalue weighted by molar-refractivity contribution is 0.160. The molecule has 3 aromatic rings. The summed E-state index contributed by atoms with van der Waals surface area (Å²) >= 11 is 1.60. The van der Waals surface area contributed by atoms with Gasteiger partial charge < -0.3 is 9.64 Å². The number of ether oxygens (including phenoxy) is 1. The molecule has 0 N–H and O–H groups in total. The summed E-state index contributed by atoms with van der Waals surface area (Å²) in [5, 5.41) is 9.86. The van der Waals surface area contributed by atoms with Crippen molar-refractivity contribution in [1.29, 1.82) is 0 Å². The summed E-state index contributed by atoms with van der Waals surface area (Å²) in [6, 6.07) is 10.3. The third-order valence-electron chi connectivity index (χ3n) is 5.18. The molecular formula is C22H25N5O2S. The molecule has 0 bridgehead atoms. The van der Waals surface area contributed by atoms with Gasteiger partial charge in [0, 0.05) is 30.3 Å². The molecule has 0 saturated carbocycles. The van der Waals surface area contributed by atoms with Crippen molar-refractivity contribution in [3.8, 4) is 17.1 Å². The van der Waals surface area contributed by atoms with Gasteiger partial charge >= 0.3 is 6.09 Å². The molecular weight excluding hydrogens is 398 g/mol. The Morgan fingerprint density at radius 2 is 1.90 bits per heavy atom. The van der Waals surface area contributed by atoms with Crippen LogP contribution in [0.2, 0.25) is 0 Å². The standard InChI is InChI=1S/C22H25N5O2S/c1-3-16-7-5-8-17(4-2)19(16)27-20(18-9-6-10-23-15-18)24-25-21(27)30-14-12-26-11-13-29-22(26)28/h5-10,15H,3-4,11-14H2,1-2H3. The van der Waals surface area contributed by atoms with E-state index in [0.717, 1.165) is 40.8 Å². The van der Waals surface area contributed by atoms with Gasteiger partial charge in [0.2, 0.25) is 0 Å². The second-order valence-corrected chi connectivity index (χ2v) is 8.03. The SMILES string of the molecule is CCc1cccc(CC)c1-n1c(SCCN2CCOC2=O)nnc1-c1cccnc1. The van der Waals surface area contributed by atoms with Gasteiger partial charge in [0.25, 0.3) is 0 Å². The number of rotatable bonds is 8. The van der Waals surface area contributed by atoms with Gasteiger partial charge in [0.15, 0.2) is 11.0 Å². The van der Waals surface area contributed by atoms with Crippen LogP contribution in [-0.4, -0.2) is 56.2 Å². The van der Waals surface area contributed by atoms with Crippen LogP contribution in [0.5, 0.6) is 0 Å². The predicted molar refractivity (Wildman–Crippen MR) is 117 cm³/mol. The Labute approximate surface area is 180 Å². The van der Waals surface area contributed by atoms with Gasteiger partial charge in [-0.25, -0.2) is 4.79 Å². The maximum Gasteiger partial charge on any atom is 0.409 e. The first kappa shape index (κ1) is 20.4. The fourth-order valence-corrected chi connectivity index (χ4v) is 4.52. The van der Waals surface area contributed by atoms with Gasteiger partial charge in [0.1, 0.15) is 6.61 Å². The van der Waals surface area contributed by atoms with E-state index in [0.29, 0.717) is 19.7 Å². The minimum atomic E-state index is -0.238. The second kappa shape index (κ2) is 9.30. The Kier molecular flexibility index (Phi) is 6.32. The number of hydrogen-bond acceptors (Lipinski definition) is 6. The van der Waals surface area contributed by atoms with Crippen molar-refractivity contribution in [2.75, 3.05) is 25.4 Å². The maximum atomic E-state index is 11.7. The minimum Gasteiger partial charge on any atom is -0.448 e. The molecule has 1 saturated heterocycles. The molecule has 0 unspecified atom stereocenters. The van der Waals surface area contributed by atoms with Crippen LogP contribution >= 0.6 is 11.8 Å². The van der Waals surface area contributed by atoms with E-state index < -0.39 is 0 Å². The van der Waals surface area contributed by atoms with Crippen molar-refractivity contribution < 1.29 is 9.53 Å². The van der Waals surface area contributed by atoms with Gasteiger partial charge in [-0.15, -0.1) is 10.2 Å². The van der Waals surface area contributed by atoms with Crippen molar-refractivity contribution >= 4 is 17.9 Å². The van der Waals surface area contributed by atoms with E-state index in [4.69, 9.17) is 4.74 Å². The van der Waals surface area contributed by atoms with Crippen LogP contribution in [0.15, 0.2) is 47.9 Å². The van der Waals surface area contributed by atoms with Crippen molar-refractivity contribution in [3.63, 3.8) is 0 Å². The highest BCUT2D eigenvalue weighted by atomic mass is 32.2. The summed E-state index contributed by atoms with van der Waals surface area (Å²) < 4.78 is 7.18. The number of para-hydroxylation sites is 1. The molecule has 30 heavy (non-hydrogen) atoms. The van der Waals surface area contributed by atoms with Crippen LogP contribution in [-0.2, 0) is 17.6 Å². The van der Waals surface area contributed by atoms with Crippen molar-refractivity contribution in [2.45, 2.75) is 31.8 Å². The lowest BCUT2D eigenvalue weighted by Gasteiger charge is -2.18. The number of benzene rings is 1. The number of aryl methyl sites for hydroxylation is 2. The van der Waals surface area contributed by atoms with E-state index in [2.05, 4.69) is 51.8 Å². The molecule has 1 fully saturated rings. The largest absolute Gasteiger partial charge is 0.448 e. The zero-order chi connectivity index (χ0) is 20.9. The van der Waals surface area contributed by atoms with Crippen LogP contribution in [0.3, 0.4) is 0 Å². The summed E-state index contributed by atoms with van der Waals surface area (Å²) in [4.78, 5) is 17.7. The summed E-state index contributed by atoms with van der Waals surface area (Å²) in [5.74, 6) is 1.50. The Morgan fingerprint density at radius 3 is 2.53 bits per heavy atom. The molecule has 1 amide bonds. The average Bonchev–Trinajstić information content (AvgIpc) is 3.39. The molecule has 8 heteroatoms. The van der Waals surface area contributed by atoms with Crippen LogP contribution in [0, 0.1) is 0 Å². The van der Waals surface area contributed by atoms with Gasteiger partial charge in [-0.05, 0) is 36.1 Å². The Morgan fingerprint density at radius 1 is 1.10 bits per heavy atom. The minimum absolute atomic E-state index is 0.238. The van der Waals surface area contributed by atoms with Crippen LogP contribution in [0.25, 0.3) is 17.1 Å². The van der Waals surface area contributed by atoms with Gasteiger partial charge in [-0.1, -0.05) is 43.8 Å². The maximum absolute atomic E-state index is 11.7. The van der Waals surface area contributed by atoms with Crippen molar-refractivity contribution in [2.24, 2.45) is 0 Å². The van der Waals surface area contributed by atoms with E-state index in [-0.39, 0.29) is 6.09 Å². The molecule has 1 aliphatic heterocycles. The highest BCUT2D eigenvalue weighted by molar-refractivity contribution is 7.99. The number of carbonyl (C=O) groups is 1. The predicted octanol–water partition coefficient (Wildman–Crippen LogP) is 4.00. The molecule has 0 radical (unpaired) electrons. The van der Waals surface area contributed by atoms with E-state index in [9.17, 15) is 4.79 Å². The van der Waals surface area contributed by atoms with Crippen LogP contribution in [0.4, 0.5) is 4.79 Å². The summed E-state index contributed by atoms with van der Waals surface area (Å²) in [5.41, 5.74) is 4.58. The number of carbonyl (C=O) groups excluding carboxylic acids is 1. The normalized spacial score (nSPS) is 13.7. The lowest BCUT2D eigenvalue weighted by atomic mass is 10.0. The van der Waals surface area contributed by atoms with Crippen LogP contribution < -0.4 is 0 Å². The summed E-state index contributed by atoms with van der Waals surface area (Å²) in [7, 11) is 0. The summed E-state index contributed by atoms with van der Waals surface area (Å²) in [6.45, 7) is 6.06. The Bertz CT molecular complexity index is 999. The third kappa shape index (κ3) is 4.05. The number of aromatic nitrogens is 4. The number of pyridine rings is 1. The average molecular weight is 424 g/mol. The quantitative estimate of drug-likeness (QED) is 0.510. The zero-order valence-corrected chi connectivity index (χ0v) is 18.1. The molecule has 3 heterocycles.